The Morgan fingerprint density at radius 3 is 2.92 bits per heavy atom. The van der Waals surface area contributed by atoms with Gasteiger partial charge in [-0.1, -0.05) is 22.9 Å². The molecule has 0 spiro atoms. The second-order valence-electron chi connectivity index (χ2n) is 2.59. The van der Waals surface area contributed by atoms with Crippen molar-refractivity contribution >= 4 is 31.9 Å². The molecule has 2 nitrogen and oxygen atoms in total. The van der Waals surface area contributed by atoms with E-state index in [-0.39, 0.29) is 0 Å². The zero-order valence-electron chi connectivity index (χ0n) is 7.39. The lowest BCUT2D eigenvalue weighted by atomic mass is 10.3. The molecule has 1 heterocycles. The van der Waals surface area contributed by atoms with Crippen molar-refractivity contribution in [3.05, 3.63) is 22.4 Å². The molecular formula is C9H11Br2NO. The number of aromatic nitrogens is 1. The molecule has 0 N–H and O–H groups in total. The van der Waals surface area contributed by atoms with E-state index < -0.39 is 0 Å². The Morgan fingerprint density at radius 2 is 2.31 bits per heavy atom. The summed E-state index contributed by atoms with van der Waals surface area (Å²) >= 11 is 6.74. The molecule has 0 aromatic carbocycles. The van der Waals surface area contributed by atoms with Crippen molar-refractivity contribution in [1.82, 2.24) is 4.98 Å². The van der Waals surface area contributed by atoms with Gasteiger partial charge in [-0.25, -0.2) is 0 Å². The molecule has 0 aliphatic rings. The van der Waals surface area contributed by atoms with Crippen LogP contribution in [0.2, 0.25) is 0 Å². The summed E-state index contributed by atoms with van der Waals surface area (Å²) in [5, 5.41) is 0.753. The predicted molar refractivity (Wildman–Crippen MR) is 60.4 cm³/mol. The fraction of sp³-hybridized carbons (Fsp3) is 0.444. The minimum Gasteiger partial charge on any atom is -0.492 e. The Labute approximate surface area is 95.0 Å². The van der Waals surface area contributed by atoms with Crippen LogP contribution in [-0.4, -0.2) is 11.6 Å². The molecule has 72 valence electrons. The number of nitrogens with zero attached hydrogens (tertiary/aromatic N) is 1. The van der Waals surface area contributed by atoms with Crippen LogP contribution >= 0.6 is 31.9 Å². The SMILES string of the molecule is CCCOc1cc(CBr)ncc1Br. The molecule has 1 aromatic heterocycles. The van der Waals surface area contributed by atoms with E-state index in [1.165, 1.54) is 0 Å². The van der Waals surface area contributed by atoms with Gasteiger partial charge in [-0.3, -0.25) is 4.98 Å². The lowest BCUT2D eigenvalue weighted by Crippen LogP contribution is -1.97. The van der Waals surface area contributed by atoms with E-state index in [2.05, 4.69) is 43.8 Å². The van der Waals surface area contributed by atoms with Gasteiger partial charge in [0.2, 0.25) is 0 Å². The third kappa shape index (κ3) is 3.27. The van der Waals surface area contributed by atoms with Crippen molar-refractivity contribution in [2.75, 3.05) is 6.61 Å². The molecule has 0 amide bonds. The van der Waals surface area contributed by atoms with E-state index in [0.29, 0.717) is 0 Å². The van der Waals surface area contributed by atoms with Gasteiger partial charge in [-0.15, -0.1) is 0 Å². The van der Waals surface area contributed by atoms with Gasteiger partial charge in [0.25, 0.3) is 0 Å². The first kappa shape index (κ1) is 11.0. The van der Waals surface area contributed by atoms with E-state index in [4.69, 9.17) is 4.74 Å². The van der Waals surface area contributed by atoms with Crippen molar-refractivity contribution in [2.24, 2.45) is 0 Å². The third-order valence-corrected chi connectivity index (χ3v) is 2.65. The molecule has 0 unspecified atom stereocenters. The van der Waals surface area contributed by atoms with Crippen molar-refractivity contribution < 1.29 is 4.74 Å². The Balaban J connectivity index is 2.78. The number of hydrogen-bond acceptors (Lipinski definition) is 2. The van der Waals surface area contributed by atoms with Crippen LogP contribution in [0.5, 0.6) is 5.75 Å². The summed E-state index contributed by atoms with van der Waals surface area (Å²) in [6, 6.07) is 1.94. The van der Waals surface area contributed by atoms with Crippen LogP contribution in [0.1, 0.15) is 19.0 Å². The molecule has 13 heavy (non-hydrogen) atoms. The molecule has 0 fully saturated rings. The largest absolute Gasteiger partial charge is 0.492 e. The third-order valence-electron chi connectivity index (χ3n) is 1.48. The molecule has 1 rings (SSSR count). The number of halogens is 2. The maximum atomic E-state index is 5.52. The molecule has 0 atom stereocenters. The number of hydrogen-bond donors (Lipinski definition) is 0. The van der Waals surface area contributed by atoms with Crippen molar-refractivity contribution in [1.29, 1.82) is 0 Å². The van der Waals surface area contributed by atoms with E-state index >= 15 is 0 Å². The molecule has 0 bridgehead atoms. The highest BCUT2D eigenvalue weighted by molar-refractivity contribution is 9.10. The minimum absolute atomic E-state index is 0.740. The van der Waals surface area contributed by atoms with Crippen LogP contribution in [0.25, 0.3) is 0 Å². The maximum Gasteiger partial charge on any atom is 0.136 e. The lowest BCUT2D eigenvalue weighted by molar-refractivity contribution is 0.315. The molecule has 0 aliphatic carbocycles. The molecule has 1 aromatic rings. The Hall–Kier alpha value is -0.0900. The van der Waals surface area contributed by atoms with Crippen LogP contribution in [0.3, 0.4) is 0 Å². The fourth-order valence-electron chi connectivity index (χ4n) is 0.856. The second kappa shape index (κ2) is 5.60. The Kier molecular flexibility index (Phi) is 4.73. The quantitative estimate of drug-likeness (QED) is 0.794. The monoisotopic (exact) mass is 307 g/mol. The molecule has 0 aliphatic heterocycles. The topological polar surface area (TPSA) is 22.1 Å². The average molecular weight is 309 g/mol. The predicted octanol–water partition coefficient (Wildman–Crippen LogP) is 3.53. The highest BCUT2D eigenvalue weighted by Gasteiger charge is 2.02. The summed E-state index contributed by atoms with van der Waals surface area (Å²) in [6.45, 7) is 2.82. The molecule has 0 saturated carbocycles. The zero-order chi connectivity index (χ0) is 9.68. The normalized spacial score (nSPS) is 10.1. The molecular weight excluding hydrogens is 298 g/mol. The van der Waals surface area contributed by atoms with Gasteiger partial charge in [-0.2, -0.15) is 0 Å². The summed E-state index contributed by atoms with van der Waals surface area (Å²) in [5.74, 6) is 0.867. The van der Waals surface area contributed by atoms with E-state index in [0.717, 1.165) is 34.3 Å². The smallest absolute Gasteiger partial charge is 0.136 e. The standard InChI is InChI=1S/C9H11Br2NO/c1-2-3-13-9-4-7(5-10)12-6-8(9)11/h4,6H,2-3,5H2,1H3. The summed E-state index contributed by atoms with van der Waals surface area (Å²) in [4.78, 5) is 4.19. The van der Waals surface area contributed by atoms with Crippen LogP contribution in [0.4, 0.5) is 0 Å². The number of rotatable bonds is 4. The summed E-state index contributed by atoms with van der Waals surface area (Å²) < 4.78 is 6.43. The summed E-state index contributed by atoms with van der Waals surface area (Å²) in [7, 11) is 0. The van der Waals surface area contributed by atoms with Crippen LogP contribution in [0, 0.1) is 0 Å². The molecule has 0 radical (unpaired) electrons. The van der Waals surface area contributed by atoms with Gasteiger partial charge in [-0.05, 0) is 22.4 Å². The van der Waals surface area contributed by atoms with E-state index in [1.54, 1.807) is 6.20 Å². The average Bonchev–Trinajstić information content (AvgIpc) is 2.17. The van der Waals surface area contributed by atoms with Crippen LogP contribution in [0.15, 0.2) is 16.7 Å². The van der Waals surface area contributed by atoms with Gasteiger partial charge >= 0.3 is 0 Å². The highest BCUT2D eigenvalue weighted by atomic mass is 79.9. The zero-order valence-corrected chi connectivity index (χ0v) is 10.6. The maximum absolute atomic E-state index is 5.52. The van der Waals surface area contributed by atoms with Crippen LogP contribution in [-0.2, 0) is 5.33 Å². The van der Waals surface area contributed by atoms with Crippen molar-refractivity contribution in [3.8, 4) is 5.75 Å². The van der Waals surface area contributed by atoms with Crippen molar-refractivity contribution in [3.63, 3.8) is 0 Å². The second-order valence-corrected chi connectivity index (χ2v) is 4.00. The number of pyridine rings is 1. The van der Waals surface area contributed by atoms with Crippen molar-refractivity contribution in [2.45, 2.75) is 18.7 Å². The summed E-state index contributed by atoms with van der Waals surface area (Å²) in [5.41, 5.74) is 0.981. The minimum atomic E-state index is 0.740. The van der Waals surface area contributed by atoms with Crippen LogP contribution < -0.4 is 4.74 Å². The first-order valence-corrected chi connectivity index (χ1v) is 6.02. The van der Waals surface area contributed by atoms with E-state index in [9.17, 15) is 0 Å². The Bertz CT molecular complexity index is 278. The fourth-order valence-corrected chi connectivity index (χ4v) is 1.49. The number of ether oxygens (including phenoxy) is 1. The summed E-state index contributed by atoms with van der Waals surface area (Å²) in [6.07, 6.45) is 2.78. The molecule has 4 heteroatoms. The first-order chi connectivity index (χ1) is 6.27. The van der Waals surface area contributed by atoms with Gasteiger partial charge in [0.15, 0.2) is 0 Å². The van der Waals surface area contributed by atoms with Gasteiger partial charge < -0.3 is 4.74 Å². The van der Waals surface area contributed by atoms with Gasteiger partial charge in [0.1, 0.15) is 5.75 Å². The highest BCUT2D eigenvalue weighted by Crippen LogP contribution is 2.25. The molecule has 0 saturated heterocycles. The lowest BCUT2D eigenvalue weighted by Gasteiger charge is -2.07. The first-order valence-electron chi connectivity index (χ1n) is 4.11. The van der Waals surface area contributed by atoms with Gasteiger partial charge in [0, 0.05) is 17.6 Å². The van der Waals surface area contributed by atoms with Gasteiger partial charge in [0.05, 0.1) is 16.8 Å². The number of alkyl halides is 1. The van der Waals surface area contributed by atoms with E-state index in [1.807, 2.05) is 6.07 Å². The Morgan fingerprint density at radius 1 is 1.54 bits per heavy atom.